The van der Waals surface area contributed by atoms with Gasteiger partial charge in [-0.05, 0) is 41.9 Å². The van der Waals surface area contributed by atoms with E-state index in [0.717, 1.165) is 51.1 Å². The standard InChI is InChI=1S/C20H29FN2O/c1-20(2,3)14-22-10-12-23(13-11-22)19(24)18(15-4-5-15)16-6-8-17(21)9-7-16/h6-9,15,18H,4-5,10-14H2,1-3H3. The minimum atomic E-state index is -0.239. The van der Waals surface area contributed by atoms with Gasteiger partial charge in [0.15, 0.2) is 0 Å². The van der Waals surface area contributed by atoms with E-state index in [2.05, 4.69) is 25.7 Å². The molecule has 4 heteroatoms. The molecule has 0 radical (unpaired) electrons. The van der Waals surface area contributed by atoms with Gasteiger partial charge in [-0.1, -0.05) is 32.9 Å². The van der Waals surface area contributed by atoms with Crippen LogP contribution < -0.4 is 0 Å². The van der Waals surface area contributed by atoms with Crippen LogP contribution in [0.5, 0.6) is 0 Å². The molecule has 2 fully saturated rings. The molecule has 24 heavy (non-hydrogen) atoms. The van der Waals surface area contributed by atoms with Gasteiger partial charge in [-0.15, -0.1) is 0 Å². The SMILES string of the molecule is CC(C)(C)CN1CCN(C(=O)C(c2ccc(F)cc2)C2CC2)CC1. The van der Waals surface area contributed by atoms with Crippen molar-refractivity contribution >= 4 is 5.91 Å². The lowest BCUT2D eigenvalue weighted by atomic mass is 9.92. The predicted molar refractivity (Wildman–Crippen MR) is 94.3 cm³/mol. The molecule has 1 aromatic rings. The smallest absolute Gasteiger partial charge is 0.230 e. The van der Waals surface area contributed by atoms with Gasteiger partial charge in [-0.2, -0.15) is 0 Å². The maximum Gasteiger partial charge on any atom is 0.230 e. The zero-order valence-electron chi connectivity index (χ0n) is 15.1. The predicted octanol–water partition coefficient (Wildman–Crippen LogP) is 3.51. The molecule has 1 unspecified atom stereocenters. The van der Waals surface area contributed by atoms with E-state index in [0.29, 0.717) is 5.92 Å². The largest absolute Gasteiger partial charge is 0.340 e. The maximum atomic E-state index is 13.2. The highest BCUT2D eigenvalue weighted by Crippen LogP contribution is 2.43. The van der Waals surface area contributed by atoms with E-state index in [1.165, 1.54) is 12.1 Å². The summed E-state index contributed by atoms with van der Waals surface area (Å²) in [6.07, 6.45) is 2.22. The highest BCUT2D eigenvalue weighted by atomic mass is 19.1. The lowest BCUT2D eigenvalue weighted by Crippen LogP contribution is -2.51. The molecule has 0 spiro atoms. The summed E-state index contributed by atoms with van der Waals surface area (Å²) in [5, 5.41) is 0. The Kier molecular flexibility index (Phi) is 4.95. The summed E-state index contributed by atoms with van der Waals surface area (Å²) in [5.41, 5.74) is 1.26. The zero-order chi connectivity index (χ0) is 17.3. The van der Waals surface area contributed by atoms with Crippen LogP contribution in [-0.4, -0.2) is 48.4 Å². The number of carbonyl (C=O) groups is 1. The number of nitrogens with zero attached hydrogens (tertiary/aromatic N) is 2. The van der Waals surface area contributed by atoms with Crippen LogP contribution in [0.4, 0.5) is 4.39 Å². The van der Waals surface area contributed by atoms with Crippen LogP contribution in [0.3, 0.4) is 0 Å². The average molecular weight is 332 g/mol. The highest BCUT2D eigenvalue weighted by Gasteiger charge is 2.40. The number of hydrogen-bond donors (Lipinski definition) is 0. The fourth-order valence-corrected chi connectivity index (χ4v) is 3.71. The second kappa shape index (κ2) is 6.83. The summed E-state index contributed by atoms with van der Waals surface area (Å²) in [7, 11) is 0. The molecule has 1 saturated heterocycles. The summed E-state index contributed by atoms with van der Waals surface area (Å²) in [6, 6.07) is 6.51. The summed E-state index contributed by atoms with van der Waals surface area (Å²) in [5.74, 6) is 0.353. The molecule has 1 amide bonds. The van der Waals surface area contributed by atoms with Gasteiger partial charge in [0, 0.05) is 32.7 Å². The number of piperazine rings is 1. The molecule has 0 bridgehead atoms. The molecular weight excluding hydrogens is 303 g/mol. The fraction of sp³-hybridized carbons (Fsp3) is 0.650. The van der Waals surface area contributed by atoms with Gasteiger partial charge in [0.05, 0.1) is 5.92 Å². The number of hydrogen-bond acceptors (Lipinski definition) is 2. The van der Waals surface area contributed by atoms with Crippen LogP contribution in [0.1, 0.15) is 45.1 Å². The van der Waals surface area contributed by atoms with Crippen molar-refractivity contribution in [2.24, 2.45) is 11.3 Å². The third-order valence-corrected chi connectivity index (χ3v) is 4.97. The van der Waals surface area contributed by atoms with Crippen molar-refractivity contribution < 1.29 is 9.18 Å². The Balaban J connectivity index is 1.63. The van der Waals surface area contributed by atoms with Gasteiger partial charge < -0.3 is 4.90 Å². The Morgan fingerprint density at radius 3 is 2.21 bits per heavy atom. The van der Waals surface area contributed by atoms with Gasteiger partial charge in [-0.3, -0.25) is 9.69 Å². The Labute approximate surface area is 144 Å². The van der Waals surface area contributed by atoms with Crippen molar-refractivity contribution in [3.05, 3.63) is 35.6 Å². The minimum absolute atomic E-state index is 0.0835. The van der Waals surface area contributed by atoms with Crippen LogP contribution in [0.25, 0.3) is 0 Å². The van der Waals surface area contributed by atoms with E-state index >= 15 is 0 Å². The number of benzene rings is 1. The minimum Gasteiger partial charge on any atom is -0.340 e. The van der Waals surface area contributed by atoms with Crippen molar-refractivity contribution in [3.8, 4) is 0 Å². The topological polar surface area (TPSA) is 23.6 Å². The van der Waals surface area contributed by atoms with Gasteiger partial charge in [0.25, 0.3) is 0 Å². The molecule has 1 heterocycles. The van der Waals surface area contributed by atoms with Gasteiger partial charge >= 0.3 is 0 Å². The Bertz CT molecular complexity index is 566. The molecule has 2 aliphatic rings. The molecule has 1 aromatic carbocycles. The van der Waals surface area contributed by atoms with Crippen LogP contribution in [-0.2, 0) is 4.79 Å². The van der Waals surface area contributed by atoms with Crippen LogP contribution in [0.15, 0.2) is 24.3 Å². The summed E-state index contributed by atoms with van der Waals surface area (Å²) >= 11 is 0. The first-order chi connectivity index (χ1) is 11.3. The van der Waals surface area contributed by atoms with Crippen molar-refractivity contribution in [3.63, 3.8) is 0 Å². The van der Waals surface area contributed by atoms with Crippen molar-refractivity contribution in [2.45, 2.75) is 39.5 Å². The summed E-state index contributed by atoms with van der Waals surface area (Å²) in [6.45, 7) is 11.3. The van der Waals surface area contributed by atoms with Crippen molar-refractivity contribution in [2.75, 3.05) is 32.7 Å². The Hall–Kier alpha value is -1.42. The lowest BCUT2D eigenvalue weighted by molar-refractivity contribution is -0.135. The van der Waals surface area contributed by atoms with Gasteiger partial charge in [-0.25, -0.2) is 4.39 Å². The van der Waals surface area contributed by atoms with E-state index in [1.54, 1.807) is 12.1 Å². The highest BCUT2D eigenvalue weighted by molar-refractivity contribution is 5.84. The number of halogens is 1. The summed E-state index contributed by atoms with van der Waals surface area (Å²) in [4.78, 5) is 17.5. The van der Waals surface area contributed by atoms with Crippen LogP contribution >= 0.6 is 0 Å². The average Bonchev–Trinajstić information content (AvgIpc) is 3.33. The molecule has 1 aliphatic heterocycles. The quantitative estimate of drug-likeness (QED) is 0.842. The van der Waals surface area contributed by atoms with E-state index in [4.69, 9.17) is 0 Å². The second-order valence-corrected chi connectivity index (χ2v) is 8.53. The first kappa shape index (κ1) is 17.4. The molecular formula is C20H29FN2O. The number of amides is 1. The van der Waals surface area contributed by atoms with Gasteiger partial charge in [0.2, 0.25) is 5.91 Å². The third kappa shape index (κ3) is 4.35. The lowest BCUT2D eigenvalue weighted by Gasteiger charge is -2.39. The molecule has 3 nitrogen and oxygen atoms in total. The molecule has 0 N–H and O–H groups in total. The second-order valence-electron chi connectivity index (χ2n) is 8.53. The maximum absolute atomic E-state index is 13.2. The Morgan fingerprint density at radius 1 is 1.12 bits per heavy atom. The van der Waals surface area contributed by atoms with E-state index in [1.807, 2.05) is 4.90 Å². The monoisotopic (exact) mass is 332 g/mol. The Morgan fingerprint density at radius 2 is 1.71 bits per heavy atom. The van der Waals surface area contributed by atoms with Gasteiger partial charge in [0.1, 0.15) is 5.82 Å². The van der Waals surface area contributed by atoms with Crippen LogP contribution in [0, 0.1) is 17.2 Å². The molecule has 132 valence electrons. The molecule has 1 aliphatic carbocycles. The van der Waals surface area contributed by atoms with E-state index in [-0.39, 0.29) is 23.1 Å². The third-order valence-electron chi connectivity index (χ3n) is 4.97. The molecule has 1 saturated carbocycles. The number of carbonyl (C=O) groups excluding carboxylic acids is 1. The first-order valence-electron chi connectivity index (χ1n) is 9.10. The normalized spacial score (nSPS) is 20.9. The molecule has 1 atom stereocenters. The molecule has 0 aromatic heterocycles. The number of rotatable bonds is 4. The first-order valence-corrected chi connectivity index (χ1v) is 9.10. The van der Waals surface area contributed by atoms with Crippen molar-refractivity contribution in [1.82, 2.24) is 9.80 Å². The molecule has 3 rings (SSSR count). The van der Waals surface area contributed by atoms with E-state index in [9.17, 15) is 9.18 Å². The summed E-state index contributed by atoms with van der Waals surface area (Å²) < 4.78 is 13.2. The van der Waals surface area contributed by atoms with E-state index < -0.39 is 0 Å². The zero-order valence-corrected chi connectivity index (χ0v) is 15.1. The van der Waals surface area contributed by atoms with Crippen LogP contribution in [0.2, 0.25) is 0 Å². The van der Waals surface area contributed by atoms with Crippen molar-refractivity contribution in [1.29, 1.82) is 0 Å². The fourth-order valence-electron chi connectivity index (χ4n) is 3.71.